The molecule has 0 unspecified atom stereocenters. The van der Waals surface area contributed by atoms with Crippen molar-refractivity contribution in [1.82, 2.24) is 0 Å². The summed E-state index contributed by atoms with van der Waals surface area (Å²) in [6.45, 7) is 6.18. The number of hydrogen-bond acceptors (Lipinski definition) is 2. The summed E-state index contributed by atoms with van der Waals surface area (Å²) in [5, 5.41) is 3.21. The maximum absolute atomic E-state index is 13.1. The molecular formula is C11H17FN2. The van der Waals surface area contributed by atoms with E-state index < -0.39 is 0 Å². The molecule has 0 saturated carbocycles. The molecule has 0 aliphatic heterocycles. The third kappa shape index (κ3) is 2.37. The molecule has 0 heterocycles. The van der Waals surface area contributed by atoms with Crippen molar-refractivity contribution in [2.24, 2.45) is 0 Å². The smallest absolute Gasteiger partial charge is 0.148 e. The third-order valence-corrected chi connectivity index (χ3v) is 2.41. The molecular weight excluding hydrogens is 179 g/mol. The molecule has 2 nitrogen and oxygen atoms in total. The van der Waals surface area contributed by atoms with Gasteiger partial charge in [0.25, 0.3) is 0 Å². The first-order valence-electron chi connectivity index (χ1n) is 4.78. The van der Waals surface area contributed by atoms with Gasteiger partial charge in [0, 0.05) is 5.54 Å². The summed E-state index contributed by atoms with van der Waals surface area (Å²) in [5.41, 5.74) is 6.39. The first-order chi connectivity index (χ1) is 6.46. The Morgan fingerprint density at radius 2 is 2.07 bits per heavy atom. The first kappa shape index (κ1) is 10.8. The van der Waals surface area contributed by atoms with Gasteiger partial charge in [-0.2, -0.15) is 0 Å². The standard InChI is InChI=1S/C11H17FN2/c1-4-11(2,3)14-9-7-5-6-8(12)10(9)13/h5-7,14H,4,13H2,1-3H3. The lowest BCUT2D eigenvalue weighted by Gasteiger charge is -2.26. The Balaban J connectivity index is 2.92. The van der Waals surface area contributed by atoms with Crippen molar-refractivity contribution in [2.75, 3.05) is 11.1 Å². The number of nitrogens with two attached hydrogens (primary N) is 1. The number of nitrogen functional groups attached to an aromatic ring is 1. The molecule has 0 radical (unpaired) electrons. The van der Waals surface area contributed by atoms with Gasteiger partial charge < -0.3 is 11.1 Å². The third-order valence-electron chi connectivity index (χ3n) is 2.41. The Hall–Kier alpha value is -1.25. The topological polar surface area (TPSA) is 38.0 Å². The fourth-order valence-electron chi connectivity index (χ4n) is 1.10. The van der Waals surface area contributed by atoms with Gasteiger partial charge in [0.05, 0.1) is 11.4 Å². The average molecular weight is 196 g/mol. The molecule has 0 amide bonds. The molecule has 0 fully saturated rings. The summed E-state index contributed by atoms with van der Waals surface area (Å²) in [5.74, 6) is -0.373. The summed E-state index contributed by atoms with van der Waals surface area (Å²) < 4.78 is 13.1. The van der Waals surface area contributed by atoms with E-state index in [-0.39, 0.29) is 17.0 Å². The second-order valence-electron chi connectivity index (χ2n) is 4.06. The lowest BCUT2D eigenvalue weighted by molar-refractivity contribution is 0.546. The highest BCUT2D eigenvalue weighted by Crippen LogP contribution is 2.25. The fourth-order valence-corrected chi connectivity index (χ4v) is 1.10. The normalized spacial score (nSPS) is 11.4. The molecule has 0 aromatic heterocycles. The Labute approximate surface area is 84.3 Å². The van der Waals surface area contributed by atoms with E-state index in [1.54, 1.807) is 12.1 Å². The van der Waals surface area contributed by atoms with Gasteiger partial charge in [-0.3, -0.25) is 0 Å². The summed E-state index contributed by atoms with van der Waals surface area (Å²) in [4.78, 5) is 0. The van der Waals surface area contributed by atoms with Gasteiger partial charge in [0.15, 0.2) is 0 Å². The van der Waals surface area contributed by atoms with Crippen molar-refractivity contribution in [3.8, 4) is 0 Å². The van der Waals surface area contributed by atoms with Gasteiger partial charge in [-0.25, -0.2) is 4.39 Å². The molecule has 1 aromatic carbocycles. The largest absolute Gasteiger partial charge is 0.395 e. The minimum atomic E-state index is -0.373. The minimum Gasteiger partial charge on any atom is -0.395 e. The van der Waals surface area contributed by atoms with Gasteiger partial charge in [0.1, 0.15) is 5.82 Å². The molecule has 3 N–H and O–H groups in total. The van der Waals surface area contributed by atoms with E-state index in [0.29, 0.717) is 5.69 Å². The predicted molar refractivity (Wildman–Crippen MR) is 58.8 cm³/mol. The summed E-state index contributed by atoms with van der Waals surface area (Å²) in [7, 11) is 0. The van der Waals surface area contributed by atoms with E-state index in [2.05, 4.69) is 26.1 Å². The average Bonchev–Trinajstić information content (AvgIpc) is 2.13. The zero-order valence-corrected chi connectivity index (χ0v) is 8.89. The van der Waals surface area contributed by atoms with Crippen molar-refractivity contribution in [3.63, 3.8) is 0 Å². The van der Waals surface area contributed by atoms with Gasteiger partial charge >= 0.3 is 0 Å². The SMILES string of the molecule is CCC(C)(C)Nc1cccc(F)c1N. The highest BCUT2D eigenvalue weighted by molar-refractivity contribution is 5.67. The number of rotatable bonds is 3. The molecule has 0 bridgehead atoms. The molecule has 1 rings (SSSR count). The maximum Gasteiger partial charge on any atom is 0.148 e. The fraction of sp³-hybridized carbons (Fsp3) is 0.455. The van der Waals surface area contributed by atoms with E-state index in [1.807, 2.05) is 0 Å². The number of anilines is 2. The summed E-state index contributed by atoms with van der Waals surface area (Å²) >= 11 is 0. The van der Waals surface area contributed by atoms with Crippen LogP contribution in [0, 0.1) is 5.82 Å². The number of benzene rings is 1. The van der Waals surface area contributed by atoms with Crippen molar-refractivity contribution >= 4 is 11.4 Å². The zero-order valence-electron chi connectivity index (χ0n) is 8.89. The Bertz CT molecular complexity index is 321. The van der Waals surface area contributed by atoms with E-state index in [0.717, 1.165) is 6.42 Å². The van der Waals surface area contributed by atoms with Crippen LogP contribution >= 0.6 is 0 Å². The molecule has 0 aliphatic rings. The zero-order chi connectivity index (χ0) is 10.8. The summed E-state index contributed by atoms with van der Waals surface area (Å²) in [6, 6.07) is 4.80. The number of hydrogen-bond donors (Lipinski definition) is 2. The van der Waals surface area contributed by atoms with Gasteiger partial charge in [-0.15, -0.1) is 0 Å². The van der Waals surface area contributed by atoms with Crippen molar-refractivity contribution in [1.29, 1.82) is 0 Å². The van der Waals surface area contributed by atoms with E-state index in [9.17, 15) is 4.39 Å². The molecule has 0 aliphatic carbocycles. The Kier molecular flexibility index (Phi) is 2.99. The number of nitrogens with one attached hydrogen (secondary N) is 1. The van der Waals surface area contributed by atoms with Crippen LogP contribution < -0.4 is 11.1 Å². The predicted octanol–water partition coefficient (Wildman–Crippen LogP) is 3.01. The monoisotopic (exact) mass is 196 g/mol. The Morgan fingerprint density at radius 3 is 2.64 bits per heavy atom. The van der Waals surface area contributed by atoms with Crippen LogP contribution in [0.5, 0.6) is 0 Å². The van der Waals surface area contributed by atoms with Gasteiger partial charge in [-0.05, 0) is 32.4 Å². The van der Waals surface area contributed by atoms with Crippen LogP contribution in [0.15, 0.2) is 18.2 Å². The minimum absolute atomic E-state index is 0.0675. The van der Waals surface area contributed by atoms with Crippen molar-refractivity contribution < 1.29 is 4.39 Å². The highest BCUT2D eigenvalue weighted by Gasteiger charge is 2.16. The molecule has 0 spiro atoms. The highest BCUT2D eigenvalue weighted by atomic mass is 19.1. The molecule has 0 atom stereocenters. The lowest BCUT2D eigenvalue weighted by atomic mass is 10.0. The molecule has 1 aromatic rings. The lowest BCUT2D eigenvalue weighted by Crippen LogP contribution is -2.30. The molecule has 0 saturated heterocycles. The molecule has 3 heteroatoms. The van der Waals surface area contributed by atoms with Crippen LogP contribution in [0.2, 0.25) is 0 Å². The van der Waals surface area contributed by atoms with Crippen LogP contribution in [0.4, 0.5) is 15.8 Å². The Morgan fingerprint density at radius 1 is 1.43 bits per heavy atom. The van der Waals surface area contributed by atoms with Crippen LogP contribution in [-0.2, 0) is 0 Å². The van der Waals surface area contributed by atoms with E-state index in [1.165, 1.54) is 6.07 Å². The van der Waals surface area contributed by atoms with Crippen LogP contribution in [0.1, 0.15) is 27.2 Å². The van der Waals surface area contributed by atoms with Crippen molar-refractivity contribution in [2.45, 2.75) is 32.7 Å². The first-order valence-corrected chi connectivity index (χ1v) is 4.78. The molecule has 78 valence electrons. The molecule has 14 heavy (non-hydrogen) atoms. The van der Waals surface area contributed by atoms with E-state index in [4.69, 9.17) is 5.73 Å². The van der Waals surface area contributed by atoms with Gasteiger partial charge in [0.2, 0.25) is 0 Å². The quantitative estimate of drug-likeness (QED) is 0.729. The van der Waals surface area contributed by atoms with Gasteiger partial charge in [-0.1, -0.05) is 13.0 Å². The number of para-hydroxylation sites is 1. The van der Waals surface area contributed by atoms with E-state index >= 15 is 0 Å². The maximum atomic E-state index is 13.1. The second kappa shape index (κ2) is 3.86. The van der Waals surface area contributed by atoms with Crippen LogP contribution in [0.3, 0.4) is 0 Å². The van der Waals surface area contributed by atoms with Crippen molar-refractivity contribution in [3.05, 3.63) is 24.0 Å². The number of halogens is 1. The van der Waals surface area contributed by atoms with Crippen LogP contribution in [-0.4, -0.2) is 5.54 Å². The second-order valence-corrected chi connectivity index (χ2v) is 4.06. The van der Waals surface area contributed by atoms with Crippen LogP contribution in [0.25, 0.3) is 0 Å². The summed E-state index contributed by atoms with van der Waals surface area (Å²) in [6.07, 6.45) is 0.947.